The van der Waals surface area contributed by atoms with Gasteiger partial charge < -0.3 is 14.2 Å². The molecule has 0 saturated heterocycles. The summed E-state index contributed by atoms with van der Waals surface area (Å²) in [5, 5.41) is 0. The number of hydrogen-bond acceptors (Lipinski definition) is 6. The van der Waals surface area contributed by atoms with Gasteiger partial charge in [0.05, 0.1) is 32.2 Å². The SMILES string of the molecule is CCCCOC(=O)[C](CC(=O)OCC(C)C)CC(=O)OC(C)CC. The summed E-state index contributed by atoms with van der Waals surface area (Å²) in [5.74, 6) is -1.44. The minimum absolute atomic E-state index is 0.0770. The molecule has 6 nitrogen and oxygen atoms in total. The van der Waals surface area contributed by atoms with E-state index in [-0.39, 0.29) is 44.0 Å². The number of rotatable bonds is 12. The van der Waals surface area contributed by atoms with Crippen molar-refractivity contribution in [3.8, 4) is 0 Å². The number of esters is 3. The number of carbonyl (C=O) groups excluding carboxylic acids is 3. The first kappa shape index (κ1) is 22.4. The summed E-state index contributed by atoms with van der Waals surface area (Å²) in [6.07, 6.45) is 1.55. The molecule has 0 spiro atoms. The van der Waals surface area contributed by atoms with Gasteiger partial charge in [-0.05, 0) is 25.7 Å². The predicted octanol–water partition coefficient (Wildman–Crippen LogP) is 3.23. The second-order valence-electron chi connectivity index (χ2n) is 6.23. The van der Waals surface area contributed by atoms with Crippen LogP contribution in [0.15, 0.2) is 0 Å². The molecule has 1 unspecified atom stereocenters. The molecule has 0 amide bonds. The van der Waals surface area contributed by atoms with E-state index in [9.17, 15) is 14.4 Å². The van der Waals surface area contributed by atoms with Gasteiger partial charge in [0.25, 0.3) is 0 Å². The number of hydrogen-bond donors (Lipinski definition) is 0. The van der Waals surface area contributed by atoms with Crippen LogP contribution in [-0.4, -0.2) is 37.2 Å². The summed E-state index contributed by atoms with van der Waals surface area (Å²) in [6.45, 7) is 10.0. The van der Waals surface area contributed by atoms with Crippen molar-refractivity contribution in [3.05, 3.63) is 5.92 Å². The molecule has 0 fully saturated rings. The maximum Gasteiger partial charge on any atom is 0.314 e. The Hall–Kier alpha value is -1.59. The highest BCUT2D eigenvalue weighted by molar-refractivity contribution is 5.94. The molecule has 0 saturated carbocycles. The number of unbranched alkanes of at least 4 members (excludes halogenated alkanes) is 1. The molecule has 0 aliphatic carbocycles. The zero-order valence-electron chi connectivity index (χ0n) is 15.6. The van der Waals surface area contributed by atoms with Gasteiger partial charge in [-0.15, -0.1) is 0 Å². The average Bonchev–Trinajstić information content (AvgIpc) is 2.52. The molecule has 1 atom stereocenters. The second-order valence-corrected chi connectivity index (χ2v) is 6.23. The Labute approximate surface area is 145 Å². The largest absolute Gasteiger partial charge is 0.465 e. The van der Waals surface area contributed by atoms with E-state index in [0.29, 0.717) is 6.42 Å². The Morgan fingerprint density at radius 1 is 0.917 bits per heavy atom. The van der Waals surface area contributed by atoms with E-state index < -0.39 is 17.9 Å². The van der Waals surface area contributed by atoms with E-state index >= 15 is 0 Å². The lowest BCUT2D eigenvalue weighted by molar-refractivity contribution is -0.153. The van der Waals surface area contributed by atoms with Crippen molar-refractivity contribution in [2.45, 2.75) is 72.8 Å². The van der Waals surface area contributed by atoms with E-state index in [1.54, 1.807) is 6.92 Å². The van der Waals surface area contributed by atoms with Crippen molar-refractivity contribution in [1.29, 1.82) is 0 Å². The van der Waals surface area contributed by atoms with Gasteiger partial charge in [0, 0.05) is 0 Å². The van der Waals surface area contributed by atoms with Crippen molar-refractivity contribution in [1.82, 2.24) is 0 Å². The van der Waals surface area contributed by atoms with Gasteiger partial charge in [0.1, 0.15) is 5.92 Å². The minimum Gasteiger partial charge on any atom is -0.465 e. The van der Waals surface area contributed by atoms with Gasteiger partial charge in [-0.1, -0.05) is 34.1 Å². The first-order valence-electron chi connectivity index (χ1n) is 8.66. The fraction of sp³-hybridized carbons (Fsp3) is 0.778. The summed E-state index contributed by atoms with van der Waals surface area (Å²) >= 11 is 0. The Morgan fingerprint density at radius 3 is 2.08 bits per heavy atom. The zero-order valence-corrected chi connectivity index (χ0v) is 15.6. The van der Waals surface area contributed by atoms with Gasteiger partial charge in [-0.25, -0.2) is 0 Å². The Bertz CT molecular complexity index is 391. The highest BCUT2D eigenvalue weighted by Crippen LogP contribution is 2.17. The highest BCUT2D eigenvalue weighted by Gasteiger charge is 2.29. The molecule has 0 aliphatic rings. The lowest BCUT2D eigenvalue weighted by atomic mass is 10.0. The first-order chi connectivity index (χ1) is 11.3. The van der Waals surface area contributed by atoms with Crippen LogP contribution in [0.3, 0.4) is 0 Å². The van der Waals surface area contributed by atoms with Gasteiger partial charge in [-0.2, -0.15) is 0 Å². The predicted molar refractivity (Wildman–Crippen MR) is 90.0 cm³/mol. The maximum atomic E-state index is 12.1. The molecular weight excluding hydrogens is 312 g/mol. The summed E-state index contributed by atoms with van der Waals surface area (Å²) in [6, 6.07) is 0. The van der Waals surface area contributed by atoms with Crippen LogP contribution in [0.4, 0.5) is 0 Å². The molecule has 0 bridgehead atoms. The van der Waals surface area contributed by atoms with Crippen molar-refractivity contribution in [3.63, 3.8) is 0 Å². The van der Waals surface area contributed by atoms with Crippen LogP contribution in [-0.2, 0) is 28.6 Å². The average molecular weight is 343 g/mol. The quantitative estimate of drug-likeness (QED) is 0.307. The fourth-order valence-corrected chi connectivity index (χ4v) is 1.63. The molecule has 0 heterocycles. The molecule has 0 N–H and O–H groups in total. The molecule has 0 aliphatic heterocycles. The van der Waals surface area contributed by atoms with Crippen LogP contribution in [0.5, 0.6) is 0 Å². The molecule has 0 rings (SSSR count). The van der Waals surface area contributed by atoms with Crippen molar-refractivity contribution in [2.75, 3.05) is 13.2 Å². The number of ether oxygens (including phenoxy) is 3. The van der Waals surface area contributed by atoms with Crippen molar-refractivity contribution in [2.24, 2.45) is 5.92 Å². The molecule has 139 valence electrons. The van der Waals surface area contributed by atoms with Gasteiger partial charge in [0.2, 0.25) is 0 Å². The Balaban J connectivity index is 4.66. The molecular formula is C18H31O6. The van der Waals surface area contributed by atoms with Gasteiger partial charge in [-0.3, -0.25) is 14.4 Å². The van der Waals surface area contributed by atoms with E-state index in [2.05, 4.69) is 0 Å². The lowest BCUT2D eigenvalue weighted by Crippen LogP contribution is -2.26. The topological polar surface area (TPSA) is 78.9 Å². The van der Waals surface area contributed by atoms with E-state index in [1.165, 1.54) is 0 Å². The summed E-state index contributed by atoms with van der Waals surface area (Å²) in [7, 11) is 0. The number of carbonyl (C=O) groups is 3. The van der Waals surface area contributed by atoms with Crippen LogP contribution in [0.2, 0.25) is 0 Å². The fourth-order valence-electron chi connectivity index (χ4n) is 1.63. The first-order valence-corrected chi connectivity index (χ1v) is 8.66. The van der Waals surface area contributed by atoms with Crippen LogP contribution in [0.25, 0.3) is 0 Å². The zero-order chi connectivity index (χ0) is 18.5. The summed E-state index contributed by atoms with van der Waals surface area (Å²) < 4.78 is 15.4. The Kier molecular flexibility index (Phi) is 11.9. The van der Waals surface area contributed by atoms with E-state index in [4.69, 9.17) is 14.2 Å². The Morgan fingerprint density at radius 2 is 1.54 bits per heavy atom. The van der Waals surface area contributed by atoms with Gasteiger partial charge >= 0.3 is 17.9 Å². The second kappa shape index (κ2) is 12.8. The molecule has 0 aromatic heterocycles. The van der Waals surface area contributed by atoms with Crippen molar-refractivity contribution < 1.29 is 28.6 Å². The summed E-state index contributed by atoms with van der Waals surface area (Å²) in [5.41, 5.74) is 0. The molecule has 1 radical (unpaired) electrons. The summed E-state index contributed by atoms with van der Waals surface area (Å²) in [4.78, 5) is 35.9. The van der Waals surface area contributed by atoms with Gasteiger partial charge in [0.15, 0.2) is 0 Å². The smallest absolute Gasteiger partial charge is 0.314 e. The van der Waals surface area contributed by atoms with Crippen molar-refractivity contribution >= 4 is 17.9 Å². The normalized spacial score (nSPS) is 12.1. The van der Waals surface area contributed by atoms with Crippen LogP contribution in [0, 0.1) is 11.8 Å². The van der Waals surface area contributed by atoms with Crippen LogP contribution in [0.1, 0.15) is 66.7 Å². The van der Waals surface area contributed by atoms with E-state index in [1.807, 2.05) is 27.7 Å². The monoisotopic (exact) mass is 343 g/mol. The van der Waals surface area contributed by atoms with E-state index in [0.717, 1.165) is 12.8 Å². The maximum absolute atomic E-state index is 12.1. The standard InChI is InChI=1S/C18H31O6/c1-6-8-9-22-18(21)15(10-16(19)23-12-13(3)4)11-17(20)24-14(5)7-2/h13-14H,6-12H2,1-5H3. The van der Waals surface area contributed by atoms with Crippen LogP contribution >= 0.6 is 0 Å². The molecule has 6 heteroatoms. The third-order valence-corrected chi connectivity index (χ3v) is 3.22. The molecule has 0 aromatic rings. The minimum atomic E-state index is -0.633. The lowest BCUT2D eigenvalue weighted by Gasteiger charge is -2.16. The highest BCUT2D eigenvalue weighted by atomic mass is 16.5. The third-order valence-electron chi connectivity index (χ3n) is 3.22. The van der Waals surface area contributed by atoms with Crippen LogP contribution < -0.4 is 0 Å². The molecule has 24 heavy (non-hydrogen) atoms. The molecule has 0 aromatic carbocycles. The third kappa shape index (κ3) is 11.0.